The second-order valence-corrected chi connectivity index (χ2v) is 9.52. The Morgan fingerprint density at radius 2 is 1.49 bits per heavy atom. The van der Waals surface area contributed by atoms with Crippen LogP contribution in [0.1, 0.15) is 36.4 Å². The highest BCUT2D eigenvalue weighted by atomic mass is 35.5. The summed E-state index contributed by atoms with van der Waals surface area (Å²) in [5, 5.41) is 0. The van der Waals surface area contributed by atoms with Crippen molar-refractivity contribution in [2.45, 2.75) is 39.2 Å². The molecular weight excluding hydrogens is 514 g/mol. The lowest BCUT2D eigenvalue weighted by Gasteiger charge is -2.22. The van der Waals surface area contributed by atoms with Gasteiger partial charge in [-0.2, -0.15) is 0 Å². The molecule has 3 aromatic rings. The van der Waals surface area contributed by atoms with Crippen molar-refractivity contribution < 1.29 is 14.2 Å². The van der Waals surface area contributed by atoms with Gasteiger partial charge in [-0.25, -0.2) is 15.0 Å². The third kappa shape index (κ3) is 6.47. The molecule has 2 aliphatic rings. The summed E-state index contributed by atoms with van der Waals surface area (Å²) in [6.07, 6.45) is 1.68. The lowest BCUT2D eigenvalue weighted by Crippen LogP contribution is -2.23. The van der Waals surface area contributed by atoms with E-state index in [0.29, 0.717) is 54.4 Å². The number of fused-ring (bicyclic) bond motifs is 1. The summed E-state index contributed by atoms with van der Waals surface area (Å²) >= 11 is 0. The molecule has 0 saturated heterocycles. The standard InChI is InChI=1S/C30H31N5O3.ClH/c1-30(2,38-19-22-12-8-5-9-13-22)29-33-26-27(31)32-20-35(28(26)34-29)17-23-14-15-24(36-3)25(16-23)37-18-21-10-6-4-7-11-21;/h4-16,20H,17-19,31H2,1-3H3;1H. The first-order chi connectivity index (χ1) is 18.4. The number of nitrogens with zero attached hydrogens (tertiary/aromatic N) is 4. The highest BCUT2D eigenvalue weighted by Crippen LogP contribution is 2.33. The van der Waals surface area contributed by atoms with E-state index in [0.717, 1.165) is 16.7 Å². The highest BCUT2D eigenvalue weighted by molar-refractivity contribution is 5.85. The van der Waals surface area contributed by atoms with Crippen molar-refractivity contribution in [3.63, 3.8) is 0 Å². The van der Waals surface area contributed by atoms with Crippen molar-refractivity contribution in [1.29, 1.82) is 0 Å². The Morgan fingerprint density at radius 3 is 2.15 bits per heavy atom. The van der Waals surface area contributed by atoms with E-state index in [4.69, 9.17) is 29.9 Å². The van der Waals surface area contributed by atoms with E-state index in [1.807, 2.05) is 97.3 Å². The van der Waals surface area contributed by atoms with Gasteiger partial charge in [0.2, 0.25) is 0 Å². The Bertz CT molecular complexity index is 1480. The summed E-state index contributed by atoms with van der Waals surface area (Å²) in [6, 6.07) is 25.9. The fourth-order valence-electron chi connectivity index (χ4n) is 4.11. The molecule has 9 heteroatoms. The second kappa shape index (κ2) is 12.1. The van der Waals surface area contributed by atoms with Gasteiger partial charge in [0.1, 0.15) is 12.2 Å². The molecule has 0 bridgehead atoms. The smallest absolute Gasteiger partial charge is 0.166 e. The fourth-order valence-corrected chi connectivity index (χ4v) is 4.11. The highest BCUT2D eigenvalue weighted by Gasteiger charge is 2.30. The van der Waals surface area contributed by atoms with E-state index in [1.54, 1.807) is 13.4 Å². The zero-order valence-corrected chi connectivity index (χ0v) is 23.0. The van der Waals surface area contributed by atoms with Crippen LogP contribution in [0.3, 0.4) is 0 Å². The minimum atomic E-state index is -0.725. The molecule has 0 aromatic heterocycles. The van der Waals surface area contributed by atoms with E-state index in [1.165, 1.54) is 0 Å². The van der Waals surface area contributed by atoms with Crippen molar-refractivity contribution in [3.8, 4) is 23.0 Å². The lowest BCUT2D eigenvalue weighted by atomic mass is 10.1. The number of hydrogen-bond acceptors (Lipinski definition) is 7. The molecule has 5 rings (SSSR count). The molecule has 2 aliphatic heterocycles. The first kappa shape index (κ1) is 27.9. The quantitative estimate of drug-likeness (QED) is 0.234. The summed E-state index contributed by atoms with van der Waals surface area (Å²) in [5.41, 5.74) is 9.17. The van der Waals surface area contributed by atoms with E-state index < -0.39 is 5.60 Å². The van der Waals surface area contributed by atoms with Crippen LogP contribution in [0.5, 0.6) is 11.5 Å². The minimum absolute atomic E-state index is 0. The molecule has 0 aliphatic carbocycles. The summed E-state index contributed by atoms with van der Waals surface area (Å²) in [5.74, 6) is 2.86. The van der Waals surface area contributed by atoms with Gasteiger partial charge >= 0.3 is 0 Å². The maximum atomic E-state index is 6.21. The molecule has 2 heterocycles. The molecule has 0 saturated carbocycles. The normalized spacial score (nSPS) is 11.3. The summed E-state index contributed by atoms with van der Waals surface area (Å²) < 4.78 is 19.8. The first-order valence-corrected chi connectivity index (χ1v) is 12.4. The Labute approximate surface area is 234 Å². The fraction of sp³-hybridized carbons (Fsp3) is 0.233. The minimum Gasteiger partial charge on any atom is -0.493 e. The van der Waals surface area contributed by atoms with Crippen LogP contribution < -0.4 is 15.2 Å². The molecule has 2 N–H and O–H groups in total. The van der Waals surface area contributed by atoms with Gasteiger partial charge in [-0.05, 0) is 42.7 Å². The summed E-state index contributed by atoms with van der Waals surface area (Å²) in [4.78, 5) is 13.9. The average molecular weight is 546 g/mol. The number of nitrogens with two attached hydrogens (primary N) is 1. The zero-order chi connectivity index (χ0) is 26.5. The Morgan fingerprint density at radius 1 is 0.821 bits per heavy atom. The van der Waals surface area contributed by atoms with Crippen molar-refractivity contribution in [3.05, 3.63) is 108 Å². The van der Waals surface area contributed by atoms with Crippen LogP contribution >= 0.6 is 12.4 Å². The molecule has 8 nitrogen and oxygen atoms in total. The molecule has 202 valence electrons. The van der Waals surface area contributed by atoms with Crippen molar-refractivity contribution in [1.82, 2.24) is 19.5 Å². The molecule has 0 atom stereocenters. The van der Waals surface area contributed by atoms with Gasteiger partial charge in [0.25, 0.3) is 0 Å². The molecule has 0 spiro atoms. The van der Waals surface area contributed by atoms with Crippen LogP contribution in [-0.4, -0.2) is 26.6 Å². The Hall–Kier alpha value is -4.14. The number of hydrogen-bond donors (Lipinski definition) is 1. The number of ether oxygens (including phenoxy) is 3. The molecule has 0 radical (unpaired) electrons. The number of imidazole rings is 1. The Balaban J connectivity index is 0.00000353. The van der Waals surface area contributed by atoms with Gasteiger partial charge in [0.05, 0.1) is 26.6 Å². The van der Waals surface area contributed by atoms with E-state index >= 15 is 0 Å². The van der Waals surface area contributed by atoms with Gasteiger partial charge in [-0.1, -0.05) is 66.7 Å². The predicted molar refractivity (Wildman–Crippen MR) is 153 cm³/mol. The number of anilines is 1. The van der Waals surface area contributed by atoms with Crippen molar-refractivity contribution in [2.24, 2.45) is 0 Å². The number of methoxy groups -OCH3 is 1. The van der Waals surface area contributed by atoms with Crippen LogP contribution in [0.15, 0.2) is 85.2 Å². The third-order valence-electron chi connectivity index (χ3n) is 6.29. The average Bonchev–Trinajstić information content (AvgIpc) is 3.42. The van der Waals surface area contributed by atoms with Crippen LogP contribution in [0.4, 0.5) is 5.82 Å². The van der Waals surface area contributed by atoms with Gasteiger partial charge in [0.15, 0.2) is 34.7 Å². The van der Waals surface area contributed by atoms with Gasteiger partial charge < -0.3 is 24.5 Å². The maximum Gasteiger partial charge on any atom is 0.166 e. The molecule has 3 aromatic carbocycles. The van der Waals surface area contributed by atoms with E-state index in [9.17, 15) is 0 Å². The monoisotopic (exact) mass is 545 g/mol. The van der Waals surface area contributed by atoms with E-state index in [-0.39, 0.29) is 12.4 Å². The van der Waals surface area contributed by atoms with Gasteiger partial charge in [0, 0.05) is 0 Å². The van der Waals surface area contributed by atoms with Crippen LogP contribution in [0.2, 0.25) is 0 Å². The number of halogens is 1. The largest absolute Gasteiger partial charge is 0.493 e. The molecule has 0 amide bonds. The topological polar surface area (TPSA) is 97.3 Å². The SMILES string of the molecule is COc1ccc(Cn2cnc(N)c3nc(C(C)(C)OCc4ccccc4)nc2-3)cc1OCc1ccccc1.Cl. The van der Waals surface area contributed by atoms with Gasteiger partial charge in [-0.3, -0.25) is 0 Å². The molecular formula is C30H32ClN5O3. The summed E-state index contributed by atoms with van der Waals surface area (Å²) in [7, 11) is 1.63. The number of aromatic nitrogens is 4. The predicted octanol–water partition coefficient (Wildman–Crippen LogP) is 5.87. The van der Waals surface area contributed by atoms with Crippen molar-refractivity contribution in [2.75, 3.05) is 12.8 Å². The van der Waals surface area contributed by atoms with Crippen LogP contribution in [-0.2, 0) is 30.1 Å². The molecule has 0 fully saturated rings. The summed E-state index contributed by atoms with van der Waals surface area (Å²) in [6.45, 7) is 5.30. The Kier molecular flexibility index (Phi) is 8.69. The zero-order valence-electron chi connectivity index (χ0n) is 22.2. The number of nitrogen functional groups attached to an aromatic ring is 1. The lowest BCUT2D eigenvalue weighted by molar-refractivity contribution is -0.0393. The van der Waals surface area contributed by atoms with Crippen LogP contribution in [0.25, 0.3) is 11.5 Å². The number of benzene rings is 3. The van der Waals surface area contributed by atoms with Gasteiger partial charge in [-0.15, -0.1) is 12.4 Å². The van der Waals surface area contributed by atoms with E-state index in [2.05, 4.69) is 4.98 Å². The third-order valence-corrected chi connectivity index (χ3v) is 6.29. The van der Waals surface area contributed by atoms with Crippen LogP contribution in [0, 0.1) is 0 Å². The maximum absolute atomic E-state index is 6.21. The second-order valence-electron chi connectivity index (χ2n) is 9.52. The number of rotatable bonds is 10. The van der Waals surface area contributed by atoms with Crippen molar-refractivity contribution >= 4 is 18.2 Å². The molecule has 39 heavy (non-hydrogen) atoms. The first-order valence-electron chi connectivity index (χ1n) is 12.4. The molecule has 0 unspecified atom stereocenters.